The number of alkyl halides is 1. The van der Waals surface area contributed by atoms with E-state index in [-0.39, 0.29) is 5.91 Å². The van der Waals surface area contributed by atoms with Crippen LogP contribution in [0.4, 0.5) is 8.78 Å². The summed E-state index contributed by atoms with van der Waals surface area (Å²) in [5.41, 5.74) is 1.97. The zero-order valence-electron chi connectivity index (χ0n) is 22.9. The molecule has 0 radical (unpaired) electrons. The third-order valence-electron chi connectivity index (χ3n) is 8.57. The number of likely N-dealkylation sites (tertiary alicyclic amines) is 1. The van der Waals surface area contributed by atoms with Crippen molar-refractivity contribution in [3.05, 3.63) is 53.5 Å². The number of nitrogens with zero attached hydrogens (tertiary/aromatic N) is 3. The minimum Gasteiger partial charge on any atom is -0.492 e. The molecule has 2 aliphatic carbocycles. The van der Waals surface area contributed by atoms with Crippen LogP contribution in [0.1, 0.15) is 60.9 Å². The van der Waals surface area contributed by atoms with E-state index in [1.165, 1.54) is 17.4 Å². The number of piperidine rings is 1. The molecule has 2 N–H and O–H groups in total. The average molecular weight is 581 g/mol. The number of carbonyl (C=O) groups is 1. The topological polar surface area (TPSA) is 79.1 Å². The van der Waals surface area contributed by atoms with Crippen molar-refractivity contribution in [2.45, 2.75) is 56.7 Å². The number of amides is 1. The Morgan fingerprint density at radius 1 is 1.17 bits per heavy atom. The van der Waals surface area contributed by atoms with Crippen LogP contribution in [0.5, 0.6) is 5.75 Å². The summed E-state index contributed by atoms with van der Waals surface area (Å²) in [6.45, 7) is 3.49. The highest BCUT2D eigenvalue weighted by Gasteiger charge is 2.42. The Kier molecular flexibility index (Phi) is 6.95. The summed E-state index contributed by atoms with van der Waals surface area (Å²) in [7, 11) is 0. The van der Waals surface area contributed by atoms with E-state index in [4.69, 9.17) is 9.72 Å². The van der Waals surface area contributed by atoms with Gasteiger partial charge in [-0.3, -0.25) is 9.20 Å². The highest BCUT2D eigenvalue weighted by atomic mass is 32.1. The number of thiazole rings is 1. The Bertz CT molecular complexity index is 1600. The van der Waals surface area contributed by atoms with Gasteiger partial charge in [0, 0.05) is 37.5 Å². The van der Waals surface area contributed by atoms with Crippen molar-refractivity contribution in [2.75, 3.05) is 32.8 Å². The van der Waals surface area contributed by atoms with E-state index < -0.39 is 17.6 Å². The highest BCUT2D eigenvalue weighted by Crippen LogP contribution is 2.46. The van der Waals surface area contributed by atoms with Crippen molar-refractivity contribution < 1.29 is 23.4 Å². The summed E-state index contributed by atoms with van der Waals surface area (Å²) in [5, 5.41) is 13.4. The van der Waals surface area contributed by atoms with E-state index in [9.17, 15) is 14.3 Å². The number of nitrogens with one attached hydrogen (secondary N) is 1. The number of benzene rings is 2. The molecule has 10 heteroatoms. The fourth-order valence-electron chi connectivity index (χ4n) is 5.59. The van der Waals surface area contributed by atoms with Gasteiger partial charge in [0.1, 0.15) is 17.7 Å². The molecule has 0 bridgehead atoms. The van der Waals surface area contributed by atoms with Crippen molar-refractivity contribution in [1.82, 2.24) is 19.6 Å². The van der Waals surface area contributed by atoms with Gasteiger partial charge in [-0.2, -0.15) is 0 Å². The van der Waals surface area contributed by atoms with Crippen molar-refractivity contribution >= 4 is 32.4 Å². The quantitative estimate of drug-likeness (QED) is 0.236. The molecule has 7 rings (SSSR count). The van der Waals surface area contributed by atoms with Crippen LogP contribution in [0.15, 0.2) is 36.5 Å². The lowest BCUT2D eigenvalue weighted by atomic mass is 10.0. The molecule has 3 aliphatic rings. The molecule has 0 unspecified atom stereocenters. The number of hydrogen-bond donors (Lipinski definition) is 2. The molecule has 1 aliphatic heterocycles. The predicted molar refractivity (Wildman–Crippen MR) is 155 cm³/mol. The Hall–Kier alpha value is -3.08. The number of aliphatic hydroxyl groups is 1. The lowest BCUT2D eigenvalue weighted by Crippen LogP contribution is -2.36. The fraction of sp³-hybridized carbons (Fsp3) is 0.484. The van der Waals surface area contributed by atoms with Gasteiger partial charge in [0.25, 0.3) is 5.91 Å². The first kappa shape index (κ1) is 26.8. The molecule has 1 amide bonds. The lowest BCUT2D eigenvalue weighted by molar-refractivity contribution is 0.0945. The van der Waals surface area contributed by atoms with Crippen LogP contribution in [-0.2, 0) is 5.60 Å². The minimum absolute atomic E-state index is 0.175. The number of carbonyl (C=O) groups excluding carboxylic acids is 1. The first-order chi connectivity index (χ1) is 19.9. The average Bonchev–Trinajstić information content (AvgIpc) is 3.87. The molecule has 2 aromatic carbocycles. The van der Waals surface area contributed by atoms with Gasteiger partial charge in [-0.15, -0.1) is 0 Å². The molecule has 3 fully saturated rings. The van der Waals surface area contributed by atoms with Crippen molar-refractivity contribution in [1.29, 1.82) is 0 Å². The number of rotatable bonds is 10. The van der Waals surface area contributed by atoms with Crippen LogP contribution in [0.3, 0.4) is 0 Å². The van der Waals surface area contributed by atoms with Gasteiger partial charge in [-0.05, 0) is 81.2 Å². The molecule has 216 valence electrons. The standard InChI is InChI=1S/C31H34F2N4O3S/c32-21-6-12-36(13-7-21)11-1-10-34-29(38)23-15-28-26(16-27(23)40-18-19-2-3-19)37-17-25(35-30(37)41-28)22-5-4-20(14-24(22)33)31(39)8-9-31/h4-5,14-17,19,21,39H,1-3,6-13,18H2,(H,34,38). The van der Waals surface area contributed by atoms with Crippen molar-refractivity contribution in [3.63, 3.8) is 0 Å². The summed E-state index contributed by atoms with van der Waals surface area (Å²) < 4.78 is 37.4. The Labute approximate surface area is 241 Å². The molecular formula is C31H34F2N4O3S. The second kappa shape index (κ2) is 10.6. The molecule has 2 saturated carbocycles. The number of ether oxygens (including phenoxy) is 1. The Morgan fingerprint density at radius 3 is 2.71 bits per heavy atom. The van der Waals surface area contributed by atoms with Crippen molar-refractivity contribution in [2.24, 2.45) is 5.92 Å². The molecule has 3 heterocycles. The smallest absolute Gasteiger partial charge is 0.255 e. The molecular weight excluding hydrogens is 546 g/mol. The van der Waals surface area contributed by atoms with Gasteiger partial charge in [0.15, 0.2) is 4.96 Å². The normalized spacial score (nSPS) is 19.2. The SMILES string of the molecule is O=C(NCCCN1CCC(F)CC1)c1cc2sc3nc(-c4ccc(C5(O)CC5)cc4F)cn3c2cc1OCC1CC1. The maximum Gasteiger partial charge on any atom is 0.255 e. The van der Waals surface area contributed by atoms with Gasteiger partial charge in [-0.25, -0.2) is 13.8 Å². The number of hydrogen-bond acceptors (Lipinski definition) is 6. The molecule has 7 nitrogen and oxygen atoms in total. The Morgan fingerprint density at radius 2 is 1.98 bits per heavy atom. The van der Waals surface area contributed by atoms with E-state index in [0.29, 0.717) is 77.8 Å². The largest absolute Gasteiger partial charge is 0.492 e. The van der Waals surface area contributed by atoms with Gasteiger partial charge in [-0.1, -0.05) is 17.4 Å². The molecule has 41 heavy (non-hydrogen) atoms. The maximum absolute atomic E-state index is 15.0. The van der Waals surface area contributed by atoms with Crippen LogP contribution >= 0.6 is 11.3 Å². The second-order valence-electron chi connectivity index (χ2n) is 11.8. The van der Waals surface area contributed by atoms with E-state index in [2.05, 4.69) is 10.2 Å². The first-order valence-corrected chi connectivity index (χ1v) is 15.4. The van der Waals surface area contributed by atoms with Gasteiger partial charge in [0.2, 0.25) is 0 Å². The zero-order valence-corrected chi connectivity index (χ0v) is 23.7. The molecule has 0 spiro atoms. The van der Waals surface area contributed by atoms with E-state index in [1.54, 1.807) is 12.1 Å². The summed E-state index contributed by atoms with van der Waals surface area (Å²) in [6.07, 6.45) is 6.70. The van der Waals surface area contributed by atoms with Crippen LogP contribution in [0.25, 0.3) is 26.4 Å². The minimum atomic E-state index is -0.890. The van der Waals surface area contributed by atoms with E-state index >= 15 is 4.39 Å². The predicted octanol–water partition coefficient (Wildman–Crippen LogP) is 5.68. The third-order valence-corrected chi connectivity index (χ3v) is 9.59. The number of fused-ring (bicyclic) bond motifs is 3. The summed E-state index contributed by atoms with van der Waals surface area (Å²) in [6, 6.07) is 8.63. The van der Waals surface area contributed by atoms with E-state index in [0.717, 1.165) is 49.1 Å². The van der Waals surface area contributed by atoms with Crippen LogP contribution < -0.4 is 10.1 Å². The lowest BCUT2D eigenvalue weighted by Gasteiger charge is -2.28. The molecule has 4 aromatic rings. The third kappa shape index (κ3) is 5.57. The summed E-state index contributed by atoms with van der Waals surface area (Å²) in [4.78, 5) is 20.9. The van der Waals surface area contributed by atoms with Crippen LogP contribution in [-0.4, -0.2) is 64.3 Å². The summed E-state index contributed by atoms with van der Waals surface area (Å²) in [5.74, 6) is 0.482. The molecule has 0 atom stereocenters. The van der Waals surface area contributed by atoms with Crippen molar-refractivity contribution in [3.8, 4) is 17.0 Å². The maximum atomic E-state index is 15.0. The summed E-state index contributed by atoms with van der Waals surface area (Å²) >= 11 is 1.44. The number of aromatic nitrogens is 2. The highest BCUT2D eigenvalue weighted by molar-refractivity contribution is 7.23. The number of imidazole rings is 1. The van der Waals surface area contributed by atoms with Gasteiger partial charge >= 0.3 is 0 Å². The van der Waals surface area contributed by atoms with Gasteiger partial charge in [0.05, 0.1) is 33.7 Å². The Balaban J connectivity index is 1.11. The fourth-order valence-corrected chi connectivity index (χ4v) is 6.62. The monoisotopic (exact) mass is 580 g/mol. The van der Waals surface area contributed by atoms with Crippen LogP contribution in [0, 0.1) is 11.7 Å². The van der Waals surface area contributed by atoms with E-state index in [1.807, 2.05) is 22.7 Å². The molecule has 2 aromatic heterocycles. The number of halogens is 2. The van der Waals surface area contributed by atoms with Gasteiger partial charge < -0.3 is 20.1 Å². The first-order valence-electron chi connectivity index (χ1n) is 14.6. The van der Waals surface area contributed by atoms with Crippen LogP contribution in [0.2, 0.25) is 0 Å². The molecule has 1 saturated heterocycles. The zero-order chi connectivity index (χ0) is 28.1. The second-order valence-corrected chi connectivity index (χ2v) is 12.8.